The van der Waals surface area contributed by atoms with Crippen LogP contribution in [0.2, 0.25) is 0 Å². The maximum absolute atomic E-state index is 13.3. The van der Waals surface area contributed by atoms with Gasteiger partial charge in [0.15, 0.2) is 0 Å². The van der Waals surface area contributed by atoms with Crippen LogP contribution in [-0.2, 0) is 6.54 Å². The number of benzene rings is 2. The molecule has 24 heavy (non-hydrogen) atoms. The van der Waals surface area contributed by atoms with E-state index in [9.17, 15) is 4.39 Å². The van der Waals surface area contributed by atoms with Crippen LogP contribution in [-0.4, -0.2) is 9.97 Å². The molecule has 0 bridgehead atoms. The van der Waals surface area contributed by atoms with Crippen molar-refractivity contribution in [1.29, 1.82) is 0 Å². The zero-order chi connectivity index (χ0) is 16.9. The van der Waals surface area contributed by atoms with Crippen LogP contribution >= 0.6 is 0 Å². The second-order valence-electron chi connectivity index (χ2n) is 5.70. The number of hydrogen-bond donors (Lipinski definition) is 2. The average molecular weight is 322 g/mol. The first-order chi connectivity index (χ1) is 11.6. The standard InChI is InChI=1S/C19H19FN4/c1-13-5-3-6-15(9-13)12-21-19-22-14(2)10-18(24-19)23-17-8-4-7-16(20)11-17/h3-11H,12H2,1-2H3,(H2,21,22,23,24). The van der Waals surface area contributed by atoms with E-state index in [4.69, 9.17) is 0 Å². The van der Waals surface area contributed by atoms with Crippen molar-refractivity contribution in [2.45, 2.75) is 20.4 Å². The Morgan fingerprint density at radius 2 is 1.79 bits per heavy atom. The van der Waals surface area contributed by atoms with Crippen LogP contribution < -0.4 is 10.6 Å². The molecule has 1 aromatic heterocycles. The molecular weight excluding hydrogens is 303 g/mol. The van der Waals surface area contributed by atoms with E-state index >= 15 is 0 Å². The van der Waals surface area contributed by atoms with Gasteiger partial charge in [0.2, 0.25) is 5.95 Å². The Morgan fingerprint density at radius 1 is 0.958 bits per heavy atom. The van der Waals surface area contributed by atoms with Crippen molar-refractivity contribution in [2.75, 3.05) is 10.6 Å². The number of halogens is 1. The minimum atomic E-state index is -0.288. The summed E-state index contributed by atoms with van der Waals surface area (Å²) < 4.78 is 13.3. The van der Waals surface area contributed by atoms with E-state index in [1.165, 1.54) is 23.3 Å². The Hall–Kier alpha value is -2.95. The molecule has 0 aliphatic carbocycles. The molecule has 0 fully saturated rings. The highest BCUT2D eigenvalue weighted by Crippen LogP contribution is 2.18. The summed E-state index contributed by atoms with van der Waals surface area (Å²) in [6.07, 6.45) is 0. The van der Waals surface area contributed by atoms with E-state index < -0.39 is 0 Å². The second kappa shape index (κ2) is 7.08. The summed E-state index contributed by atoms with van der Waals surface area (Å²) in [5.74, 6) is 0.874. The first-order valence-electron chi connectivity index (χ1n) is 7.76. The number of aryl methyl sites for hydroxylation is 2. The molecule has 3 aromatic rings. The van der Waals surface area contributed by atoms with Crippen molar-refractivity contribution in [3.63, 3.8) is 0 Å². The summed E-state index contributed by atoms with van der Waals surface area (Å²) in [4.78, 5) is 8.83. The van der Waals surface area contributed by atoms with Crippen LogP contribution in [0.4, 0.5) is 21.8 Å². The number of aromatic nitrogens is 2. The average Bonchev–Trinajstić information content (AvgIpc) is 2.52. The van der Waals surface area contributed by atoms with Gasteiger partial charge in [0, 0.05) is 24.0 Å². The third-order valence-electron chi connectivity index (χ3n) is 3.48. The van der Waals surface area contributed by atoms with Crippen LogP contribution in [0.25, 0.3) is 0 Å². The fraction of sp³-hybridized carbons (Fsp3) is 0.158. The Kier molecular flexibility index (Phi) is 4.70. The van der Waals surface area contributed by atoms with Gasteiger partial charge >= 0.3 is 0 Å². The van der Waals surface area contributed by atoms with Gasteiger partial charge in [-0.05, 0) is 37.6 Å². The topological polar surface area (TPSA) is 49.8 Å². The lowest BCUT2D eigenvalue weighted by Crippen LogP contribution is -2.06. The first kappa shape index (κ1) is 15.9. The van der Waals surface area contributed by atoms with Gasteiger partial charge in [-0.3, -0.25) is 0 Å². The quantitative estimate of drug-likeness (QED) is 0.721. The number of rotatable bonds is 5. The highest BCUT2D eigenvalue weighted by atomic mass is 19.1. The van der Waals surface area contributed by atoms with Gasteiger partial charge in [-0.25, -0.2) is 9.37 Å². The smallest absolute Gasteiger partial charge is 0.225 e. The molecule has 5 heteroatoms. The molecule has 0 radical (unpaired) electrons. The summed E-state index contributed by atoms with van der Waals surface area (Å²) in [6.45, 7) is 4.61. The van der Waals surface area contributed by atoms with E-state index in [2.05, 4.69) is 45.7 Å². The molecule has 0 amide bonds. The van der Waals surface area contributed by atoms with Crippen molar-refractivity contribution < 1.29 is 4.39 Å². The molecular formula is C19H19FN4. The maximum atomic E-state index is 13.3. The predicted octanol–water partition coefficient (Wildman–Crippen LogP) is 4.59. The largest absolute Gasteiger partial charge is 0.350 e. The van der Waals surface area contributed by atoms with Crippen LogP contribution in [0.1, 0.15) is 16.8 Å². The van der Waals surface area contributed by atoms with Crippen molar-refractivity contribution in [2.24, 2.45) is 0 Å². The van der Waals surface area contributed by atoms with Crippen LogP contribution in [0, 0.1) is 19.7 Å². The van der Waals surface area contributed by atoms with Crippen LogP contribution in [0.15, 0.2) is 54.6 Å². The molecule has 122 valence electrons. The molecule has 0 saturated carbocycles. The third kappa shape index (κ3) is 4.29. The van der Waals surface area contributed by atoms with E-state index in [1.54, 1.807) is 12.1 Å². The zero-order valence-corrected chi connectivity index (χ0v) is 13.7. The van der Waals surface area contributed by atoms with Crippen molar-refractivity contribution in [3.8, 4) is 0 Å². The van der Waals surface area contributed by atoms with Gasteiger partial charge in [0.05, 0.1) is 0 Å². The van der Waals surface area contributed by atoms with Gasteiger partial charge < -0.3 is 10.6 Å². The maximum Gasteiger partial charge on any atom is 0.225 e. The molecule has 0 unspecified atom stereocenters. The van der Waals surface area contributed by atoms with E-state index in [0.29, 0.717) is 24.0 Å². The second-order valence-corrected chi connectivity index (χ2v) is 5.70. The molecule has 2 aromatic carbocycles. The van der Waals surface area contributed by atoms with Gasteiger partial charge in [-0.15, -0.1) is 0 Å². The molecule has 1 heterocycles. The van der Waals surface area contributed by atoms with Crippen LogP contribution in [0.3, 0.4) is 0 Å². The Balaban J connectivity index is 1.73. The Labute approximate surface area is 140 Å². The minimum Gasteiger partial charge on any atom is -0.350 e. The third-order valence-corrected chi connectivity index (χ3v) is 3.48. The molecule has 0 atom stereocenters. The van der Waals surface area contributed by atoms with E-state index in [1.807, 2.05) is 19.1 Å². The van der Waals surface area contributed by atoms with Gasteiger partial charge in [-0.1, -0.05) is 35.9 Å². The monoisotopic (exact) mass is 322 g/mol. The first-order valence-corrected chi connectivity index (χ1v) is 7.76. The van der Waals surface area contributed by atoms with Gasteiger partial charge in [0.25, 0.3) is 0 Å². The lowest BCUT2D eigenvalue weighted by molar-refractivity contribution is 0.628. The summed E-state index contributed by atoms with van der Waals surface area (Å²) in [7, 11) is 0. The molecule has 3 rings (SSSR count). The van der Waals surface area contributed by atoms with Gasteiger partial charge in [0.1, 0.15) is 11.6 Å². The molecule has 0 aliphatic heterocycles. The number of nitrogens with one attached hydrogen (secondary N) is 2. The molecule has 0 spiro atoms. The SMILES string of the molecule is Cc1cccc(CNc2nc(C)cc(Nc3cccc(F)c3)n2)c1. The molecule has 0 saturated heterocycles. The van der Waals surface area contributed by atoms with E-state index in [0.717, 1.165) is 5.69 Å². The Bertz CT molecular complexity index is 848. The summed E-state index contributed by atoms with van der Waals surface area (Å²) >= 11 is 0. The number of nitrogens with zero attached hydrogens (tertiary/aromatic N) is 2. The number of hydrogen-bond acceptors (Lipinski definition) is 4. The summed E-state index contributed by atoms with van der Waals surface area (Å²) in [5, 5.41) is 6.33. The number of anilines is 3. The minimum absolute atomic E-state index is 0.288. The van der Waals surface area contributed by atoms with E-state index in [-0.39, 0.29) is 5.82 Å². The van der Waals surface area contributed by atoms with Crippen molar-refractivity contribution in [3.05, 3.63) is 77.2 Å². The Morgan fingerprint density at radius 3 is 2.58 bits per heavy atom. The lowest BCUT2D eigenvalue weighted by Gasteiger charge is -2.10. The van der Waals surface area contributed by atoms with Gasteiger partial charge in [-0.2, -0.15) is 4.98 Å². The normalized spacial score (nSPS) is 10.5. The summed E-state index contributed by atoms with van der Waals surface area (Å²) in [5.41, 5.74) is 3.86. The zero-order valence-electron chi connectivity index (χ0n) is 13.7. The fourth-order valence-corrected chi connectivity index (χ4v) is 2.43. The van der Waals surface area contributed by atoms with Crippen molar-refractivity contribution in [1.82, 2.24) is 9.97 Å². The predicted molar refractivity (Wildman–Crippen MR) is 95.0 cm³/mol. The lowest BCUT2D eigenvalue weighted by atomic mass is 10.1. The molecule has 2 N–H and O–H groups in total. The highest BCUT2D eigenvalue weighted by Gasteiger charge is 2.04. The molecule has 0 aliphatic rings. The van der Waals surface area contributed by atoms with Crippen molar-refractivity contribution >= 4 is 17.5 Å². The highest BCUT2D eigenvalue weighted by molar-refractivity contribution is 5.57. The summed E-state index contributed by atoms with van der Waals surface area (Å²) in [6, 6.07) is 16.4. The molecule has 4 nitrogen and oxygen atoms in total. The fourth-order valence-electron chi connectivity index (χ4n) is 2.43. The van der Waals surface area contributed by atoms with Crippen LogP contribution in [0.5, 0.6) is 0 Å².